The molecule has 0 N–H and O–H groups in total. The average molecular weight is 271 g/mol. The SMILES string of the molecule is SCC1(c2ccccc2Br)CCCC1. The summed E-state index contributed by atoms with van der Waals surface area (Å²) in [7, 11) is 0. The highest BCUT2D eigenvalue weighted by Gasteiger charge is 2.35. The van der Waals surface area contributed by atoms with Gasteiger partial charge in [0.05, 0.1) is 0 Å². The van der Waals surface area contributed by atoms with E-state index in [0.29, 0.717) is 5.41 Å². The molecule has 0 atom stereocenters. The van der Waals surface area contributed by atoms with Gasteiger partial charge in [0.15, 0.2) is 0 Å². The second-order valence-electron chi connectivity index (χ2n) is 4.13. The summed E-state index contributed by atoms with van der Waals surface area (Å²) in [6.07, 6.45) is 5.28. The first-order valence-corrected chi connectivity index (χ1v) is 6.57. The molecule has 1 aliphatic rings. The summed E-state index contributed by atoms with van der Waals surface area (Å²) in [5.74, 6) is 0.968. The quantitative estimate of drug-likeness (QED) is 0.766. The van der Waals surface area contributed by atoms with Crippen molar-refractivity contribution < 1.29 is 0 Å². The summed E-state index contributed by atoms with van der Waals surface area (Å²) in [5.41, 5.74) is 1.79. The van der Waals surface area contributed by atoms with Crippen LogP contribution in [0.15, 0.2) is 28.7 Å². The van der Waals surface area contributed by atoms with E-state index in [4.69, 9.17) is 0 Å². The lowest BCUT2D eigenvalue weighted by Crippen LogP contribution is -2.24. The fourth-order valence-electron chi connectivity index (χ4n) is 2.46. The van der Waals surface area contributed by atoms with Crippen molar-refractivity contribution in [3.8, 4) is 0 Å². The molecule has 14 heavy (non-hydrogen) atoms. The largest absolute Gasteiger partial charge is 0.178 e. The predicted molar refractivity (Wildman–Crippen MR) is 68.1 cm³/mol. The monoisotopic (exact) mass is 270 g/mol. The molecule has 1 saturated carbocycles. The molecule has 2 heteroatoms. The van der Waals surface area contributed by atoms with Gasteiger partial charge in [0, 0.05) is 9.89 Å². The molecule has 0 nitrogen and oxygen atoms in total. The lowest BCUT2D eigenvalue weighted by Gasteiger charge is -2.28. The fourth-order valence-corrected chi connectivity index (χ4v) is 3.65. The van der Waals surface area contributed by atoms with Crippen molar-refractivity contribution in [3.63, 3.8) is 0 Å². The van der Waals surface area contributed by atoms with Gasteiger partial charge in [-0.25, -0.2) is 0 Å². The van der Waals surface area contributed by atoms with E-state index >= 15 is 0 Å². The zero-order valence-electron chi connectivity index (χ0n) is 8.17. The van der Waals surface area contributed by atoms with Crippen LogP contribution < -0.4 is 0 Å². The second kappa shape index (κ2) is 4.28. The van der Waals surface area contributed by atoms with Crippen LogP contribution in [0.3, 0.4) is 0 Å². The molecule has 0 aliphatic heterocycles. The van der Waals surface area contributed by atoms with Gasteiger partial charge in [0.1, 0.15) is 0 Å². The molecule has 1 aromatic carbocycles. The van der Waals surface area contributed by atoms with Crippen LogP contribution in [0.25, 0.3) is 0 Å². The molecule has 76 valence electrons. The molecule has 0 bridgehead atoms. The minimum Gasteiger partial charge on any atom is -0.178 e. The van der Waals surface area contributed by atoms with Crippen molar-refractivity contribution in [1.29, 1.82) is 0 Å². The molecular weight excluding hydrogens is 256 g/mol. The summed E-state index contributed by atoms with van der Waals surface area (Å²) in [4.78, 5) is 0. The summed E-state index contributed by atoms with van der Waals surface area (Å²) in [6, 6.07) is 8.59. The van der Waals surface area contributed by atoms with E-state index in [1.165, 1.54) is 35.7 Å². The van der Waals surface area contributed by atoms with E-state index in [0.717, 1.165) is 5.75 Å². The number of halogens is 1. The molecule has 1 aliphatic carbocycles. The second-order valence-corrected chi connectivity index (χ2v) is 5.30. The van der Waals surface area contributed by atoms with Crippen molar-refractivity contribution in [1.82, 2.24) is 0 Å². The van der Waals surface area contributed by atoms with Crippen molar-refractivity contribution in [2.24, 2.45) is 0 Å². The van der Waals surface area contributed by atoms with Crippen molar-refractivity contribution >= 4 is 28.6 Å². The Morgan fingerprint density at radius 1 is 1.21 bits per heavy atom. The molecule has 0 spiro atoms. The van der Waals surface area contributed by atoms with Crippen LogP contribution in [0, 0.1) is 0 Å². The molecule has 1 aromatic rings. The zero-order valence-corrected chi connectivity index (χ0v) is 10.7. The third-order valence-corrected chi connectivity index (χ3v) is 4.61. The average Bonchev–Trinajstić information content (AvgIpc) is 2.68. The molecule has 0 radical (unpaired) electrons. The Balaban J connectivity index is 2.41. The smallest absolute Gasteiger partial charge is 0.0213 e. The minimum atomic E-state index is 0.337. The van der Waals surface area contributed by atoms with Crippen LogP contribution in [0.2, 0.25) is 0 Å². The summed E-state index contributed by atoms with van der Waals surface area (Å²) in [5, 5.41) is 0. The normalized spacial score (nSPS) is 19.9. The number of benzene rings is 1. The van der Waals surface area contributed by atoms with Crippen LogP contribution in [-0.2, 0) is 5.41 Å². The Morgan fingerprint density at radius 2 is 1.86 bits per heavy atom. The van der Waals surface area contributed by atoms with Gasteiger partial charge in [-0.2, -0.15) is 12.6 Å². The Morgan fingerprint density at radius 3 is 2.43 bits per heavy atom. The fraction of sp³-hybridized carbons (Fsp3) is 0.500. The van der Waals surface area contributed by atoms with Crippen LogP contribution in [0.1, 0.15) is 31.2 Å². The highest BCUT2D eigenvalue weighted by atomic mass is 79.9. The van der Waals surface area contributed by atoms with Gasteiger partial charge in [-0.1, -0.05) is 47.0 Å². The van der Waals surface area contributed by atoms with Gasteiger partial charge in [-0.05, 0) is 30.2 Å². The van der Waals surface area contributed by atoms with Crippen LogP contribution in [-0.4, -0.2) is 5.75 Å². The molecule has 0 aromatic heterocycles. The maximum absolute atomic E-state index is 4.54. The Bertz CT molecular complexity index is 316. The third kappa shape index (κ3) is 1.74. The Labute approximate surface area is 99.6 Å². The zero-order chi connectivity index (χ0) is 10.0. The first-order valence-electron chi connectivity index (χ1n) is 5.14. The van der Waals surface area contributed by atoms with E-state index in [1.54, 1.807) is 0 Å². The number of hydrogen-bond acceptors (Lipinski definition) is 1. The van der Waals surface area contributed by atoms with Gasteiger partial charge in [0.25, 0.3) is 0 Å². The van der Waals surface area contributed by atoms with Crippen LogP contribution in [0.5, 0.6) is 0 Å². The molecule has 2 rings (SSSR count). The summed E-state index contributed by atoms with van der Waals surface area (Å²) in [6.45, 7) is 0. The Hall–Kier alpha value is 0.0500. The lowest BCUT2D eigenvalue weighted by atomic mass is 9.81. The van der Waals surface area contributed by atoms with E-state index in [1.807, 2.05) is 0 Å². The predicted octanol–water partition coefficient (Wildman–Crippen LogP) is 4.19. The van der Waals surface area contributed by atoms with Crippen molar-refractivity contribution in [2.45, 2.75) is 31.1 Å². The maximum atomic E-state index is 4.54. The molecule has 1 fully saturated rings. The van der Waals surface area contributed by atoms with Crippen LogP contribution in [0.4, 0.5) is 0 Å². The lowest BCUT2D eigenvalue weighted by molar-refractivity contribution is 0.500. The molecule has 0 unspecified atom stereocenters. The Kier molecular flexibility index (Phi) is 3.23. The number of hydrogen-bond donors (Lipinski definition) is 1. The minimum absolute atomic E-state index is 0.337. The molecule has 0 heterocycles. The summed E-state index contributed by atoms with van der Waals surface area (Å²) < 4.78 is 1.25. The van der Waals surface area contributed by atoms with Gasteiger partial charge >= 0.3 is 0 Å². The van der Waals surface area contributed by atoms with E-state index in [2.05, 4.69) is 52.8 Å². The van der Waals surface area contributed by atoms with Gasteiger partial charge in [-0.15, -0.1) is 0 Å². The number of thiol groups is 1. The van der Waals surface area contributed by atoms with E-state index < -0.39 is 0 Å². The third-order valence-electron chi connectivity index (χ3n) is 3.31. The van der Waals surface area contributed by atoms with Gasteiger partial charge in [0.2, 0.25) is 0 Å². The van der Waals surface area contributed by atoms with Crippen molar-refractivity contribution in [3.05, 3.63) is 34.3 Å². The molecule has 0 saturated heterocycles. The topological polar surface area (TPSA) is 0 Å². The highest BCUT2D eigenvalue weighted by Crippen LogP contribution is 2.44. The highest BCUT2D eigenvalue weighted by molar-refractivity contribution is 9.10. The summed E-state index contributed by atoms with van der Waals surface area (Å²) >= 11 is 8.19. The first kappa shape index (κ1) is 10.6. The first-order chi connectivity index (χ1) is 6.78. The van der Waals surface area contributed by atoms with Crippen LogP contribution >= 0.6 is 28.6 Å². The van der Waals surface area contributed by atoms with Gasteiger partial charge in [-0.3, -0.25) is 0 Å². The van der Waals surface area contributed by atoms with E-state index in [9.17, 15) is 0 Å². The molecular formula is C12H15BrS. The maximum Gasteiger partial charge on any atom is 0.0213 e. The van der Waals surface area contributed by atoms with Crippen molar-refractivity contribution in [2.75, 3.05) is 5.75 Å². The molecule has 0 amide bonds. The van der Waals surface area contributed by atoms with Gasteiger partial charge < -0.3 is 0 Å². The van der Waals surface area contributed by atoms with E-state index in [-0.39, 0.29) is 0 Å². The number of rotatable bonds is 2. The standard InChI is InChI=1S/C12H15BrS/c13-11-6-2-1-5-10(11)12(9-14)7-3-4-8-12/h1-2,5-6,14H,3-4,7-9H2.